The van der Waals surface area contributed by atoms with Gasteiger partial charge in [0, 0.05) is 24.0 Å². The minimum absolute atomic E-state index is 0.315. The molecule has 0 saturated carbocycles. The van der Waals surface area contributed by atoms with Gasteiger partial charge in [-0.05, 0) is 37.9 Å². The van der Waals surface area contributed by atoms with Crippen molar-refractivity contribution < 1.29 is 0 Å². The van der Waals surface area contributed by atoms with Crippen molar-refractivity contribution in [1.82, 2.24) is 10.2 Å². The van der Waals surface area contributed by atoms with Gasteiger partial charge in [0.1, 0.15) is 0 Å². The van der Waals surface area contributed by atoms with E-state index < -0.39 is 0 Å². The van der Waals surface area contributed by atoms with Crippen molar-refractivity contribution >= 4 is 11.3 Å². The smallest absolute Gasteiger partial charge is 0.0410 e. The first-order valence-electron chi connectivity index (χ1n) is 5.84. The molecular weight excluding hydrogens is 216 g/mol. The van der Waals surface area contributed by atoms with Crippen LogP contribution in [0.15, 0.2) is 17.5 Å². The summed E-state index contributed by atoms with van der Waals surface area (Å²) in [7, 11) is 4.23. The Morgan fingerprint density at radius 2 is 2.19 bits per heavy atom. The molecule has 16 heavy (non-hydrogen) atoms. The Hall–Kier alpha value is -0.380. The molecule has 2 nitrogen and oxygen atoms in total. The van der Waals surface area contributed by atoms with Gasteiger partial charge < -0.3 is 5.32 Å². The highest BCUT2D eigenvalue weighted by atomic mass is 32.1. The largest absolute Gasteiger partial charge is 0.319 e. The van der Waals surface area contributed by atoms with E-state index >= 15 is 0 Å². The van der Waals surface area contributed by atoms with Crippen molar-refractivity contribution in [3.05, 3.63) is 22.4 Å². The zero-order valence-electron chi connectivity index (χ0n) is 11.1. The predicted molar refractivity (Wildman–Crippen MR) is 73.1 cm³/mol. The highest BCUT2D eigenvalue weighted by Gasteiger charge is 2.22. The van der Waals surface area contributed by atoms with Crippen molar-refractivity contribution in [2.24, 2.45) is 5.41 Å². The lowest BCUT2D eigenvalue weighted by atomic mass is 9.92. The second-order valence-electron chi connectivity index (χ2n) is 5.30. The summed E-state index contributed by atoms with van der Waals surface area (Å²) in [5.74, 6) is 0. The molecule has 92 valence electrons. The lowest BCUT2D eigenvalue weighted by Crippen LogP contribution is -2.38. The molecular formula is C13H24N2S. The van der Waals surface area contributed by atoms with Crippen molar-refractivity contribution in [3.8, 4) is 0 Å². The summed E-state index contributed by atoms with van der Waals surface area (Å²) in [5, 5.41) is 5.41. The molecule has 1 unspecified atom stereocenters. The lowest BCUT2D eigenvalue weighted by molar-refractivity contribution is 0.170. The van der Waals surface area contributed by atoms with Crippen LogP contribution in [0.1, 0.15) is 31.7 Å². The third-order valence-corrected chi connectivity index (χ3v) is 3.99. The summed E-state index contributed by atoms with van der Waals surface area (Å²) < 4.78 is 0. The Morgan fingerprint density at radius 1 is 1.50 bits per heavy atom. The second-order valence-corrected chi connectivity index (χ2v) is 6.28. The van der Waals surface area contributed by atoms with E-state index in [4.69, 9.17) is 0 Å². The SMILES string of the molecule is CNCC(C)(C)CN(C)C(C)c1cccs1. The summed E-state index contributed by atoms with van der Waals surface area (Å²) in [5.41, 5.74) is 0.315. The Balaban J connectivity index is 2.55. The molecule has 1 aromatic rings. The lowest BCUT2D eigenvalue weighted by Gasteiger charge is -2.33. The number of hydrogen-bond donors (Lipinski definition) is 1. The maximum Gasteiger partial charge on any atom is 0.0410 e. The zero-order chi connectivity index (χ0) is 12.2. The van der Waals surface area contributed by atoms with Crippen molar-refractivity contribution in [1.29, 1.82) is 0 Å². The molecule has 1 aromatic heterocycles. The van der Waals surface area contributed by atoms with E-state index in [2.05, 4.69) is 55.5 Å². The number of nitrogens with one attached hydrogen (secondary N) is 1. The average molecular weight is 240 g/mol. The number of thiophene rings is 1. The van der Waals surface area contributed by atoms with Crippen LogP contribution in [0.3, 0.4) is 0 Å². The predicted octanol–water partition coefficient (Wildman–Crippen LogP) is 2.99. The highest BCUT2D eigenvalue weighted by Crippen LogP contribution is 2.26. The molecule has 0 spiro atoms. The van der Waals surface area contributed by atoms with Crippen LogP contribution in [0.2, 0.25) is 0 Å². The first-order valence-corrected chi connectivity index (χ1v) is 6.72. The molecule has 0 radical (unpaired) electrons. The van der Waals surface area contributed by atoms with Gasteiger partial charge in [0.15, 0.2) is 0 Å². The minimum Gasteiger partial charge on any atom is -0.319 e. The van der Waals surface area contributed by atoms with Crippen molar-refractivity contribution in [3.63, 3.8) is 0 Å². The molecule has 3 heteroatoms. The quantitative estimate of drug-likeness (QED) is 0.822. The summed E-state index contributed by atoms with van der Waals surface area (Å²) in [6.45, 7) is 9.05. The summed E-state index contributed by atoms with van der Waals surface area (Å²) in [6, 6.07) is 4.86. The monoisotopic (exact) mass is 240 g/mol. The fourth-order valence-electron chi connectivity index (χ4n) is 2.09. The van der Waals surface area contributed by atoms with Gasteiger partial charge in [0.2, 0.25) is 0 Å². The van der Waals surface area contributed by atoms with Crippen LogP contribution in [0.25, 0.3) is 0 Å². The van der Waals surface area contributed by atoms with Gasteiger partial charge in [-0.3, -0.25) is 4.90 Å². The fourth-order valence-corrected chi connectivity index (χ4v) is 2.94. The molecule has 0 aliphatic heterocycles. The van der Waals surface area contributed by atoms with Crippen LogP contribution < -0.4 is 5.32 Å². The van der Waals surface area contributed by atoms with E-state index in [1.807, 2.05) is 18.4 Å². The van der Waals surface area contributed by atoms with Gasteiger partial charge in [0.05, 0.1) is 0 Å². The summed E-state index contributed by atoms with van der Waals surface area (Å²) in [6.07, 6.45) is 0. The Kier molecular flexibility index (Phi) is 4.96. The van der Waals surface area contributed by atoms with Gasteiger partial charge >= 0.3 is 0 Å². The van der Waals surface area contributed by atoms with Gasteiger partial charge in [0.25, 0.3) is 0 Å². The van der Waals surface area contributed by atoms with E-state index in [0.29, 0.717) is 11.5 Å². The maximum absolute atomic E-state index is 3.26. The molecule has 0 bridgehead atoms. The zero-order valence-corrected chi connectivity index (χ0v) is 11.9. The van der Waals surface area contributed by atoms with Crippen LogP contribution in [0.5, 0.6) is 0 Å². The molecule has 0 saturated heterocycles. The first-order chi connectivity index (χ1) is 7.46. The highest BCUT2D eigenvalue weighted by molar-refractivity contribution is 7.10. The molecule has 1 N–H and O–H groups in total. The molecule has 0 amide bonds. The molecule has 1 heterocycles. The van der Waals surface area contributed by atoms with E-state index in [0.717, 1.165) is 13.1 Å². The normalized spacial score (nSPS) is 14.4. The summed E-state index contributed by atoms with van der Waals surface area (Å²) in [4.78, 5) is 3.88. The van der Waals surface area contributed by atoms with Crippen LogP contribution in [0.4, 0.5) is 0 Å². The molecule has 1 atom stereocenters. The standard InChI is InChI=1S/C13H24N2S/c1-11(12-7-6-8-16-12)15(5)10-13(2,3)9-14-4/h6-8,11,14H,9-10H2,1-5H3. The average Bonchev–Trinajstić information content (AvgIpc) is 2.68. The number of hydrogen-bond acceptors (Lipinski definition) is 3. The fraction of sp³-hybridized carbons (Fsp3) is 0.692. The van der Waals surface area contributed by atoms with E-state index in [1.54, 1.807) is 0 Å². The van der Waals surface area contributed by atoms with Gasteiger partial charge in [-0.15, -0.1) is 11.3 Å². The van der Waals surface area contributed by atoms with Crippen LogP contribution in [-0.2, 0) is 0 Å². The number of nitrogens with zero attached hydrogens (tertiary/aromatic N) is 1. The van der Waals surface area contributed by atoms with Gasteiger partial charge in [-0.25, -0.2) is 0 Å². The first kappa shape index (κ1) is 13.7. The minimum atomic E-state index is 0.315. The number of rotatable bonds is 6. The molecule has 0 aliphatic carbocycles. The van der Waals surface area contributed by atoms with Gasteiger partial charge in [-0.1, -0.05) is 19.9 Å². The van der Waals surface area contributed by atoms with Crippen molar-refractivity contribution in [2.75, 3.05) is 27.2 Å². The second kappa shape index (κ2) is 5.80. The van der Waals surface area contributed by atoms with Crippen molar-refractivity contribution in [2.45, 2.75) is 26.8 Å². The molecule has 0 aromatic carbocycles. The van der Waals surface area contributed by atoms with Crippen LogP contribution in [-0.4, -0.2) is 32.1 Å². The Morgan fingerprint density at radius 3 is 2.69 bits per heavy atom. The Labute approximate surface area is 104 Å². The molecule has 0 fully saturated rings. The van der Waals surface area contributed by atoms with E-state index in [1.165, 1.54) is 4.88 Å². The van der Waals surface area contributed by atoms with Gasteiger partial charge in [-0.2, -0.15) is 0 Å². The van der Waals surface area contributed by atoms with E-state index in [9.17, 15) is 0 Å². The molecule has 0 aliphatic rings. The van der Waals surface area contributed by atoms with E-state index in [-0.39, 0.29) is 0 Å². The third-order valence-electron chi connectivity index (χ3n) is 2.95. The maximum atomic E-state index is 3.26. The topological polar surface area (TPSA) is 15.3 Å². The Bertz CT molecular complexity index is 293. The van der Waals surface area contributed by atoms with Crippen LogP contribution in [0, 0.1) is 5.41 Å². The summed E-state index contributed by atoms with van der Waals surface area (Å²) >= 11 is 1.84. The third kappa shape index (κ3) is 3.89. The molecule has 1 rings (SSSR count). The van der Waals surface area contributed by atoms with Crippen LogP contribution >= 0.6 is 11.3 Å².